The minimum atomic E-state index is -0.508. The van der Waals surface area contributed by atoms with Crippen LogP contribution in [-0.2, 0) is 0 Å². The molecule has 0 bridgehead atoms. The van der Waals surface area contributed by atoms with E-state index in [2.05, 4.69) is 37.9 Å². The molecule has 2 aromatic rings. The van der Waals surface area contributed by atoms with Crippen LogP contribution in [-0.4, -0.2) is 54.7 Å². The minimum Gasteiger partial charge on any atom is -0.491 e. The molecule has 0 saturated carbocycles. The number of benzene rings is 1. The van der Waals surface area contributed by atoms with Crippen LogP contribution in [0.4, 0.5) is 22.2 Å². The smallest absolute Gasteiger partial charge is 0.326 e. The van der Waals surface area contributed by atoms with E-state index in [1.54, 1.807) is 25.3 Å². The molecule has 1 saturated heterocycles. The number of aromatic nitrogens is 2. The predicted molar refractivity (Wildman–Crippen MR) is 112 cm³/mol. The lowest BCUT2D eigenvalue weighted by Gasteiger charge is -2.15. The highest BCUT2D eigenvalue weighted by atomic mass is 35.5. The molecule has 1 aromatic carbocycles. The monoisotopic (exact) mass is 424 g/mol. The second-order valence-electron chi connectivity index (χ2n) is 6.65. The number of halogens is 2. The molecule has 3 N–H and O–H groups in total. The van der Waals surface area contributed by atoms with Crippen LogP contribution in [0.2, 0.25) is 10.0 Å². The van der Waals surface area contributed by atoms with Crippen molar-refractivity contribution in [1.29, 1.82) is 0 Å². The second kappa shape index (κ2) is 9.27. The number of carbonyl (C=O) groups excluding carboxylic acids is 1. The molecule has 1 unspecified atom stereocenters. The molecule has 0 aliphatic carbocycles. The van der Waals surface area contributed by atoms with Gasteiger partial charge in [0.2, 0.25) is 5.95 Å². The quantitative estimate of drug-likeness (QED) is 0.652. The van der Waals surface area contributed by atoms with Crippen molar-refractivity contribution < 1.29 is 9.53 Å². The summed E-state index contributed by atoms with van der Waals surface area (Å²) in [5.41, 5.74) is 0.465. The maximum atomic E-state index is 12.2. The number of amides is 2. The zero-order valence-corrected chi connectivity index (χ0v) is 17.1. The molecule has 0 radical (unpaired) electrons. The first-order valence-electron chi connectivity index (χ1n) is 8.80. The number of ether oxygens (including phenoxy) is 1. The number of hydrogen-bond donors (Lipinski definition) is 3. The van der Waals surface area contributed by atoms with E-state index < -0.39 is 6.03 Å². The van der Waals surface area contributed by atoms with Crippen molar-refractivity contribution in [2.45, 2.75) is 6.42 Å². The van der Waals surface area contributed by atoms with E-state index in [0.29, 0.717) is 33.2 Å². The molecule has 1 fully saturated rings. The summed E-state index contributed by atoms with van der Waals surface area (Å²) >= 11 is 11.9. The molecule has 2 heterocycles. The standard InChI is InChI=1S/C18H22Cl2N6O2/c1-26-4-3-11(10-26)8-21-16-15(28-2)9-22-17(24-16)25-18(27)23-14-6-12(19)5-13(20)7-14/h5-7,9,11H,3-4,8,10H2,1-2H3,(H3,21,22,23,24,25,27). The number of hydrogen-bond acceptors (Lipinski definition) is 6. The Hall–Kier alpha value is -2.29. The largest absolute Gasteiger partial charge is 0.491 e. The van der Waals surface area contributed by atoms with Crippen molar-refractivity contribution in [3.63, 3.8) is 0 Å². The summed E-state index contributed by atoms with van der Waals surface area (Å²) < 4.78 is 5.31. The molecular weight excluding hydrogens is 403 g/mol. The van der Waals surface area contributed by atoms with E-state index in [9.17, 15) is 4.79 Å². The van der Waals surface area contributed by atoms with Crippen molar-refractivity contribution in [2.75, 3.05) is 49.7 Å². The van der Waals surface area contributed by atoms with Gasteiger partial charge >= 0.3 is 6.03 Å². The maximum absolute atomic E-state index is 12.2. The van der Waals surface area contributed by atoms with Crippen molar-refractivity contribution in [3.8, 4) is 5.75 Å². The van der Waals surface area contributed by atoms with Gasteiger partial charge in [-0.3, -0.25) is 5.32 Å². The summed E-state index contributed by atoms with van der Waals surface area (Å²) in [7, 11) is 3.66. The van der Waals surface area contributed by atoms with Gasteiger partial charge < -0.3 is 20.3 Å². The van der Waals surface area contributed by atoms with Crippen LogP contribution in [0.3, 0.4) is 0 Å². The van der Waals surface area contributed by atoms with Crippen molar-refractivity contribution in [2.24, 2.45) is 5.92 Å². The van der Waals surface area contributed by atoms with E-state index in [4.69, 9.17) is 27.9 Å². The van der Waals surface area contributed by atoms with Gasteiger partial charge in [0.1, 0.15) is 0 Å². The normalized spacial score (nSPS) is 16.6. The molecule has 150 valence electrons. The highest BCUT2D eigenvalue weighted by Crippen LogP contribution is 2.24. The first-order valence-corrected chi connectivity index (χ1v) is 9.56. The number of methoxy groups -OCH3 is 1. The fraction of sp³-hybridized carbons (Fsp3) is 0.389. The summed E-state index contributed by atoms with van der Waals surface area (Å²) in [6.45, 7) is 2.90. The maximum Gasteiger partial charge on any atom is 0.326 e. The number of nitrogens with zero attached hydrogens (tertiary/aromatic N) is 3. The second-order valence-corrected chi connectivity index (χ2v) is 7.52. The molecule has 3 rings (SSSR count). The predicted octanol–water partition coefficient (Wildman–Crippen LogP) is 3.80. The number of rotatable bonds is 6. The fourth-order valence-corrected chi connectivity index (χ4v) is 3.56. The average Bonchev–Trinajstić information content (AvgIpc) is 3.04. The number of carbonyl (C=O) groups is 1. The van der Waals surface area contributed by atoms with Gasteiger partial charge in [0.05, 0.1) is 13.3 Å². The Morgan fingerprint density at radius 1 is 1.29 bits per heavy atom. The Labute approximate surface area is 173 Å². The molecule has 8 nitrogen and oxygen atoms in total. The van der Waals surface area contributed by atoms with Crippen LogP contribution in [0.15, 0.2) is 24.4 Å². The molecule has 28 heavy (non-hydrogen) atoms. The Morgan fingerprint density at radius 2 is 2.04 bits per heavy atom. The average molecular weight is 425 g/mol. The third-order valence-corrected chi connectivity index (χ3v) is 4.80. The lowest BCUT2D eigenvalue weighted by atomic mass is 10.1. The van der Waals surface area contributed by atoms with Crippen LogP contribution >= 0.6 is 23.2 Å². The van der Waals surface area contributed by atoms with Gasteiger partial charge in [0, 0.05) is 28.8 Å². The van der Waals surface area contributed by atoms with Crippen LogP contribution in [0, 0.1) is 5.92 Å². The van der Waals surface area contributed by atoms with Gasteiger partial charge in [-0.1, -0.05) is 23.2 Å². The molecule has 0 spiro atoms. The Bertz CT molecular complexity index is 831. The first kappa shape index (κ1) is 20.4. The van der Waals surface area contributed by atoms with Crippen LogP contribution < -0.4 is 20.7 Å². The van der Waals surface area contributed by atoms with Crippen molar-refractivity contribution in [1.82, 2.24) is 14.9 Å². The highest BCUT2D eigenvalue weighted by Gasteiger charge is 2.20. The number of urea groups is 1. The lowest BCUT2D eigenvalue weighted by molar-refractivity contribution is 0.262. The minimum absolute atomic E-state index is 0.150. The van der Waals surface area contributed by atoms with Crippen molar-refractivity contribution >= 4 is 46.7 Å². The van der Waals surface area contributed by atoms with E-state index in [0.717, 1.165) is 26.1 Å². The Balaban J connectivity index is 1.63. The van der Waals surface area contributed by atoms with Crippen LogP contribution in [0.5, 0.6) is 5.75 Å². The molecule has 1 aliphatic rings. The van der Waals surface area contributed by atoms with Gasteiger partial charge in [0.15, 0.2) is 11.6 Å². The summed E-state index contributed by atoms with van der Waals surface area (Å²) in [4.78, 5) is 23.0. The van der Waals surface area contributed by atoms with Gasteiger partial charge in [0.25, 0.3) is 0 Å². The van der Waals surface area contributed by atoms with E-state index in [-0.39, 0.29) is 5.95 Å². The first-order chi connectivity index (χ1) is 13.4. The zero-order chi connectivity index (χ0) is 20.1. The number of anilines is 3. The number of nitrogens with one attached hydrogen (secondary N) is 3. The topological polar surface area (TPSA) is 91.4 Å². The third kappa shape index (κ3) is 5.60. The summed E-state index contributed by atoms with van der Waals surface area (Å²) in [5.74, 6) is 1.74. The Morgan fingerprint density at radius 3 is 2.68 bits per heavy atom. The molecular formula is C18H22Cl2N6O2. The summed E-state index contributed by atoms with van der Waals surface area (Å²) in [5, 5.41) is 9.38. The highest BCUT2D eigenvalue weighted by molar-refractivity contribution is 6.35. The van der Waals surface area contributed by atoms with Crippen LogP contribution in [0.1, 0.15) is 6.42 Å². The van der Waals surface area contributed by atoms with Crippen molar-refractivity contribution in [3.05, 3.63) is 34.4 Å². The Kier molecular flexibility index (Phi) is 6.77. The zero-order valence-electron chi connectivity index (χ0n) is 15.6. The lowest BCUT2D eigenvalue weighted by Crippen LogP contribution is -2.22. The van der Waals surface area contributed by atoms with Crippen LogP contribution in [0.25, 0.3) is 0 Å². The fourth-order valence-electron chi connectivity index (χ4n) is 3.03. The van der Waals surface area contributed by atoms with Gasteiger partial charge in [-0.25, -0.2) is 9.78 Å². The molecule has 1 aromatic heterocycles. The molecule has 10 heteroatoms. The molecule has 1 aliphatic heterocycles. The van der Waals surface area contributed by atoms with Gasteiger partial charge in [-0.2, -0.15) is 4.98 Å². The van der Waals surface area contributed by atoms with Gasteiger partial charge in [-0.05, 0) is 44.1 Å². The van der Waals surface area contributed by atoms with E-state index >= 15 is 0 Å². The SMILES string of the molecule is COc1cnc(NC(=O)Nc2cc(Cl)cc(Cl)c2)nc1NCC1CCN(C)C1. The summed E-state index contributed by atoms with van der Waals surface area (Å²) in [6, 6.07) is 4.26. The van der Waals surface area contributed by atoms with E-state index in [1.165, 1.54) is 6.20 Å². The molecule has 2 amide bonds. The van der Waals surface area contributed by atoms with E-state index in [1.807, 2.05) is 0 Å². The summed E-state index contributed by atoms with van der Waals surface area (Å²) in [6.07, 6.45) is 2.65. The van der Waals surface area contributed by atoms with Gasteiger partial charge in [-0.15, -0.1) is 0 Å². The number of likely N-dealkylation sites (tertiary alicyclic amines) is 1. The third-order valence-electron chi connectivity index (χ3n) is 4.37. The molecule has 1 atom stereocenters.